The van der Waals surface area contributed by atoms with Gasteiger partial charge in [-0.05, 0) is 43.6 Å². The summed E-state index contributed by atoms with van der Waals surface area (Å²) in [6.45, 7) is 8.29. The highest BCUT2D eigenvalue weighted by Gasteiger charge is 2.13. The molecule has 0 N–H and O–H groups in total. The minimum atomic E-state index is 0.762. The van der Waals surface area contributed by atoms with Crippen LogP contribution in [0, 0.1) is 0 Å². The summed E-state index contributed by atoms with van der Waals surface area (Å²) in [4.78, 5) is 9.38. The van der Waals surface area contributed by atoms with Gasteiger partial charge >= 0.3 is 0 Å². The highest BCUT2D eigenvalue weighted by molar-refractivity contribution is 5.50. The number of anilines is 1. The van der Waals surface area contributed by atoms with Crippen LogP contribution < -0.4 is 9.64 Å². The molecule has 0 radical (unpaired) electrons. The summed E-state index contributed by atoms with van der Waals surface area (Å²) < 4.78 is 5.90. The van der Waals surface area contributed by atoms with E-state index in [1.54, 1.807) is 0 Å². The summed E-state index contributed by atoms with van der Waals surface area (Å²) in [6.07, 6.45) is 4.32. The fourth-order valence-corrected chi connectivity index (χ4v) is 3.03. The summed E-state index contributed by atoms with van der Waals surface area (Å²) in [5.41, 5.74) is 1.24. The van der Waals surface area contributed by atoms with E-state index in [0.29, 0.717) is 0 Å². The van der Waals surface area contributed by atoms with Gasteiger partial charge in [0.15, 0.2) is 0 Å². The molecule has 2 aliphatic heterocycles. The van der Waals surface area contributed by atoms with Crippen molar-refractivity contribution in [2.24, 2.45) is 0 Å². The molecule has 5 heteroatoms. The van der Waals surface area contributed by atoms with E-state index in [1.807, 2.05) is 0 Å². The van der Waals surface area contributed by atoms with E-state index in [1.165, 1.54) is 5.69 Å². The Labute approximate surface area is 139 Å². The first-order valence-corrected chi connectivity index (χ1v) is 8.46. The van der Waals surface area contributed by atoms with Gasteiger partial charge in [0.05, 0.1) is 6.67 Å². The maximum atomic E-state index is 5.90. The lowest BCUT2D eigenvalue weighted by Crippen LogP contribution is -2.45. The minimum absolute atomic E-state index is 0.762. The highest BCUT2D eigenvalue weighted by Crippen LogP contribution is 2.21. The number of likely N-dealkylation sites (N-methyl/N-ethyl adjacent to an activating group) is 1. The number of ether oxygens (including phenoxy) is 1. The quantitative estimate of drug-likeness (QED) is 0.819. The zero-order valence-corrected chi connectivity index (χ0v) is 14.3. The molecule has 1 aromatic rings. The monoisotopic (exact) mass is 316 g/mol. The van der Waals surface area contributed by atoms with Crippen molar-refractivity contribution in [3.05, 3.63) is 36.5 Å². The SMILES string of the molecule is CN1C=CCN(c2ccc(OCCN3CCN(C)CC3)cc2)C1. The molecule has 0 amide bonds. The van der Waals surface area contributed by atoms with Crippen LogP contribution in [0.1, 0.15) is 0 Å². The zero-order chi connectivity index (χ0) is 16.1. The molecule has 0 aromatic heterocycles. The van der Waals surface area contributed by atoms with Gasteiger partial charge in [-0.1, -0.05) is 0 Å². The zero-order valence-electron chi connectivity index (χ0n) is 14.3. The maximum Gasteiger partial charge on any atom is 0.119 e. The summed E-state index contributed by atoms with van der Waals surface area (Å²) >= 11 is 0. The van der Waals surface area contributed by atoms with Gasteiger partial charge in [0.1, 0.15) is 12.4 Å². The van der Waals surface area contributed by atoms with Crippen LogP contribution in [0.5, 0.6) is 5.75 Å². The molecule has 0 unspecified atom stereocenters. The van der Waals surface area contributed by atoms with Crippen molar-refractivity contribution in [2.45, 2.75) is 0 Å². The van der Waals surface area contributed by atoms with Crippen LogP contribution in [-0.2, 0) is 0 Å². The lowest BCUT2D eigenvalue weighted by atomic mass is 10.2. The normalized spacial score (nSPS) is 20.1. The third-order valence-electron chi connectivity index (χ3n) is 4.55. The van der Waals surface area contributed by atoms with Gasteiger partial charge in [0.25, 0.3) is 0 Å². The molecule has 0 bridgehead atoms. The highest BCUT2D eigenvalue weighted by atomic mass is 16.5. The van der Waals surface area contributed by atoms with Crippen LogP contribution in [0.15, 0.2) is 36.5 Å². The molecular weight excluding hydrogens is 288 g/mol. The van der Waals surface area contributed by atoms with E-state index in [4.69, 9.17) is 4.74 Å². The van der Waals surface area contributed by atoms with Gasteiger partial charge in [-0.25, -0.2) is 0 Å². The van der Waals surface area contributed by atoms with Crippen molar-refractivity contribution in [3.63, 3.8) is 0 Å². The molecule has 0 saturated carbocycles. The van der Waals surface area contributed by atoms with Crippen LogP contribution in [0.4, 0.5) is 5.69 Å². The Bertz CT molecular complexity index is 508. The maximum absolute atomic E-state index is 5.90. The van der Waals surface area contributed by atoms with Crippen molar-refractivity contribution in [3.8, 4) is 5.75 Å². The molecule has 0 atom stereocenters. The van der Waals surface area contributed by atoms with E-state index in [-0.39, 0.29) is 0 Å². The molecule has 0 spiro atoms. The van der Waals surface area contributed by atoms with Crippen LogP contribution >= 0.6 is 0 Å². The molecule has 3 rings (SSSR count). The first kappa shape index (κ1) is 16.1. The molecule has 23 heavy (non-hydrogen) atoms. The third-order valence-corrected chi connectivity index (χ3v) is 4.55. The van der Waals surface area contributed by atoms with Crippen LogP contribution in [-0.4, -0.2) is 81.3 Å². The Morgan fingerprint density at radius 1 is 1.00 bits per heavy atom. The Kier molecular flexibility index (Phi) is 5.41. The smallest absolute Gasteiger partial charge is 0.119 e. The lowest BCUT2D eigenvalue weighted by Gasteiger charge is -2.32. The van der Waals surface area contributed by atoms with E-state index in [0.717, 1.165) is 58.3 Å². The predicted octanol–water partition coefficient (Wildman–Crippen LogP) is 1.54. The first-order chi connectivity index (χ1) is 11.2. The van der Waals surface area contributed by atoms with Crippen LogP contribution in [0.25, 0.3) is 0 Å². The summed E-state index contributed by atoms with van der Waals surface area (Å²) in [5, 5.41) is 0. The average molecular weight is 316 g/mol. The van der Waals surface area contributed by atoms with E-state index in [2.05, 4.69) is 70.2 Å². The molecule has 2 heterocycles. The number of hydrogen-bond acceptors (Lipinski definition) is 5. The van der Waals surface area contributed by atoms with Crippen molar-refractivity contribution in [1.29, 1.82) is 0 Å². The van der Waals surface area contributed by atoms with E-state index < -0.39 is 0 Å². The van der Waals surface area contributed by atoms with Crippen LogP contribution in [0.3, 0.4) is 0 Å². The average Bonchev–Trinajstić information content (AvgIpc) is 2.57. The molecule has 5 nitrogen and oxygen atoms in total. The number of hydrogen-bond donors (Lipinski definition) is 0. The molecule has 1 fully saturated rings. The summed E-state index contributed by atoms with van der Waals surface area (Å²) in [7, 11) is 4.28. The fraction of sp³-hybridized carbons (Fsp3) is 0.556. The predicted molar refractivity (Wildman–Crippen MR) is 95.0 cm³/mol. The van der Waals surface area contributed by atoms with Gasteiger partial charge in [-0.15, -0.1) is 0 Å². The Morgan fingerprint density at radius 2 is 1.74 bits per heavy atom. The lowest BCUT2D eigenvalue weighted by molar-refractivity contribution is 0.134. The van der Waals surface area contributed by atoms with E-state index in [9.17, 15) is 0 Å². The second kappa shape index (κ2) is 7.70. The molecular formula is C18H28N4O. The number of benzene rings is 1. The molecule has 1 aromatic carbocycles. The molecule has 1 saturated heterocycles. The second-order valence-electron chi connectivity index (χ2n) is 6.49. The molecule has 2 aliphatic rings. The van der Waals surface area contributed by atoms with Gasteiger partial charge in [-0.2, -0.15) is 0 Å². The largest absolute Gasteiger partial charge is 0.492 e. The minimum Gasteiger partial charge on any atom is -0.492 e. The third kappa shape index (κ3) is 4.62. The summed E-state index contributed by atoms with van der Waals surface area (Å²) in [5.74, 6) is 0.962. The Morgan fingerprint density at radius 3 is 2.43 bits per heavy atom. The molecule has 0 aliphatic carbocycles. The van der Waals surface area contributed by atoms with Crippen molar-refractivity contribution in [2.75, 3.05) is 71.5 Å². The van der Waals surface area contributed by atoms with Gasteiger partial charge in [0.2, 0.25) is 0 Å². The number of nitrogens with zero attached hydrogens (tertiary/aromatic N) is 4. The Balaban J connectivity index is 1.43. The van der Waals surface area contributed by atoms with Crippen molar-refractivity contribution < 1.29 is 4.74 Å². The fourth-order valence-electron chi connectivity index (χ4n) is 3.03. The molecule has 126 valence electrons. The topological polar surface area (TPSA) is 22.2 Å². The van der Waals surface area contributed by atoms with Crippen molar-refractivity contribution >= 4 is 5.69 Å². The standard InChI is InChI=1S/C18H28N4O/c1-19-10-12-21(13-11-19)14-15-23-18-6-4-17(5-7-18)22-9-3-8-20(2)16-22/h3-8H,9-16H2,1-2H3. The summed E-state index contributed by atoms with van der Waals surface area (Å²) in [6, 6.07) is 8.46. The Hall–Kier alpha value is -1.72. The second-order valence-corrected chi connectivity index (χ2v) is 6.49. The number of rotatable bonds is 5. The number of piperazine rings is 1. The van der Waals surface area contributed by atoms with E-state index >= 15 is 0 Å². The van der Waals surface area contributed by atoms with Crippen LogP contribution in [0.2, 0.25) is 0 Å². The van der Waals surface area contributed by atoms with Gasteiger partial charge < -0.3 is 19.4 Å². The van der Waals surface area contributed by atoms with Crippen molar-refractivity contribution in [1.82, 2.24) is 14.7 Å². The van der Waals surface area contributed by atoms with Gasteiger partial charge in [-0.3, -0.25) is 4.90 Å². The first-order valence-electron chi connectivity index (χ1n) is 8.46. The van der Waals surface area contributed by atoms with Gasteiger partial charge in [0, 0.05) is 52.0 Å².